The van der Waals surface area contributed by atoms with E-state index in [9.17, 15) is 5.11 Å². The van der Waals surface area contributed by atoms with Crippen LogP contribution in [0.15, 0.2) is 30.3 Å². The highest BCUT2D eigenvalue weighted by Crippen LogP contribution is 2.39. The van der Waals surface area contributed by atoms with Crippen LogP contribution >= 0.6 is 0 Å². The first kappa shape index (κ1) is 21.6. The number of rotatable bonds is 8. The molecule has 1 N–H and O–H groups in total. The molecule has 1 aromatic carbocycles. The second-order valence-corrected chi connectivity index (χ2v) is 13.9. The first-order valence-electron chi connectivity index (χ1n) is 9.67. The third kappa shape index (κ3) is 5.63. The molecular formula is C21H36O4Si. The Morgan fingerprint density at radius 2 is 1.81 bits per heavy atom. The number of benzene rings is 1. The van der Waals surface area contributed by atoms with Gasteiger partial charge < -0.3 is 19.0 Å². The van der Waals surface area contributed by atoms with Crippen LogP contribution in [0.2, 0.25) is 18.1 Å². The fraction of sp³-hybridized carbons (Fsp3) is 0.714. The van der Waals surface area contributed by atoms with Crippen molar-refractivity contribution >= 4 is 8.32 Å². The van der Waals surface area contributed by atoms with Crippen LogP contribution in [0.25, 0.3) is 0 Å². The third-order valence-corrected chi connectivity index (χ3v) is 10.5. The minimum Gasteiger partial charge on any atom is -0.416 e. The molecule has 0 heterocycles. The van der Waals surface area contributed by atoms with E-state index in [1.165, 1.54) is 0 Å². The Labute approximate surface area is 160 Å². The second kappa shape index (κ2) is 8.98. The summed E-state index contributed by atoms with van der Waals surface area (Å²) in [5, 5.41) is 10.6. The van der Waals surface area contributed by atoms with Gasteiger partial charge in [-0.1, -0.05) is 58.0 Å². The van der Waals surface area contributed by atoms with Crippen molar-refractivity contribution in [2.24, 2.45) is 11.8 Å². The maximum absolute atomic E-state index is 10.5. The molecule has 26 heavy (non-hydrogen) atoms. The van der Waals surface area contributed by atoms with Gasteiger partial charge in [0.05, 0.1) is 18.8 Å². The standard InChI is InChI=1S/C21H36O4Si/c1-16-12-19(22)18(14-25-26(5,6)21(2,3)4)20(16)24-15-23-13-17-10-8-7-9-11-17/h7-11,16,18-20,22H,12-15H2,1-6H3/t16?,18-,19?,20-/m1/s1. The van der Waals surface area contributed by atoms with Gasteiger partial charge in [0.25, 0.3) is 0 Å². The van der Waals surface area contributed by atoms with E-state index >= 15 is 0 Å². The number of hydrogen-bond acceptors (Lipinski definition) is 4. The quantitative estimate of drug-likeness (QED) is 0.407. The maximum atomic E-state index is 10.5. The van der Waals surface area contributed by atoms with E-state index in [-0.39, 0.29) is 30.0 Å². The molecule has 4 atom stereocenters. The van der Waals surface area contributed by atoms with Gasteiger partial charge in [0, 0.05) is 12.5 Å². The summed E-state index contributed by atoms with van der Waals surface area (Å²) < 4.78 is 18.1. The molecular weight excluding hydrogens is 344 g/mol. The normalized spacial score (nSPS) is 27.0. The van der Waals surface area contributed by atoms with Crippen molar-refractivity contribution in [3.05, 3.63) is 35.9 Å². The molecule has 1 aromatic rings. The van der Waals surface area contributed by atoms with Gasteiger partial charge in [0.2, 0.25) is 0 Å². The zero-order valence-electron chi connectivity index (χ0n) is 17.2. The molecule has 1 saturated carbocycles. The van der Waals surface area contributed by atoms with Gasteiger partial charge in [-0.2, -0.15) is 0 Å². The molecule has 1 fully saturated rings. The van der Waals surface area contributed by atoms with Gasteiger partial charge in [0.1, 0.15) is 6.79 Å². The lowest BCUT2D eigenvalue weighted by molar-refractivity contribution is -0.125. The van der Waals surface area contributed by atoms with Crippen molar-refractivity contribution in [1.82, 2.24) is 0 Å². The van der Waals surface area contributed by atoms with Crippen LogP contribution < -0.4 is 0 Å². The highest BCUT2D eigenvalue weighted by molar-refractivity contribution is 6.74. The van der Waals surface area contributed by atoms with E-state index in [1.54, 1.807) is 0 Å². The summed E-state index contributed by atoms with van der Waals surface area (Å²) in [6.07, 6.45) is 0.369. The average Bonchev–Trinajstić information content (AvgIpc) is 2.83. The van der Waals surface area contributed by atoms with E-state index < -0.39 is 8.32 Å². The van der Waals surface area contributed by atoms with Crippen LogP contribution in [0.4, 0.5) is 0 Å². The molecule has 0 aromatic heterocycles. The largest absolute Gasteiger partial charge is 0.416 e. The summed E-state index contributed by atoms with van der Waals surface area (Å²) in [5.74, 6) is 0.317. The van der Waals surface area contributed by atoms with Gasteiger partial charge in [-0.25, -0.2) is 0 Å². The highest BCUT2D eigenvalue weighted by atomic mass is 28.4. The summed E-state index contributed by atoms with van der Waals surface area (Å²) in [6.45, 7) is 14.7. The van der Waals surface area contributed by atoms with Crippen LogP contribution in [0.3, 0.4) is 0 Å². The molecule has 5 heteroatoms. The minimum absolute atomic E-state index is 0.0134. The summed E-state index contributed by atoms with van der Waals surface area (Å²) >= 11 is 0. The van der Waals surface area contributed by atoms with Crippen molar-refractivity contribution < 1.29 is 19.0 Å². The molecule has 1 aliphatic carbocycles. The second-order valence-electron chi connectivity index (χ2n) is 9.10. The Morgan fingerprint density at radius 1 is 1.15 bits per heavy atom. The summed E-state index contributed by atoms with van der Waals surface area (Å²) in [7, 11) is -1.83. The fourth-order valence-corrected chi connectivity index (χ4v) is 4.25. The predicted molar refractivity (Wildman–Crippen MR) is 107 cm³/mol. The Balaban J connectivity index is 1.85. The number of aliphatic hydroxyl groups is 1. The number of ether oxygens (including phenoxy) is 2. The predicted octanol–water partition coefficient (Wildman–Crippen LogP) is 4.58. The van der Waals surface area contributed by atoms with E-state index in [2.05, 4.69) is 40.8 Å². The van der Waals surface area contributed by atoms with Crippen molar-refractivity contribution in [3.63, 3.8) is 0 Å². The van der Waals surface area contributed by atoms with Gasteiger partial charge in [-0.05, 0) is 36.0 Å². The molecule has 0 saturated heterocycles. The lowest BCUT2D eigenvalue weighted by atomic mass is 10.0. The topological polar surface area (TPSA) is 47.9 Å². The molecule has 0 spiro atoms. The fourth-order valence-electron chi connectivity index (χ4n) is 3.21. The van der Waals surface area contributed by atoms with Crippen molar-refractivity contribution in [1.29, 1.82) is 0 Å². The van der Waals surface area contributed by atoms with Gasteiger partial charge in [0.15, 0.2) is 8.32 Å². The number of aliphatic hydroxyl groups excluding tert-OH is 1. The SMILES string of the molecule is CC1CC(O)[C@@H](CO[Si](C)(C)C(C)(C)C)[C@@H]1OCOCc1ccccc1. The summed E-state index contributed by atoms with van der Waals surface area (Å²) in [6, 6.07) is 10.1. The Morgan fingerprint density at radius 3 is 2.42 bits per heavy atom. The molecule has 2 unspecified atom stereocenters. The zero-order chi connectivity index (χ0) is 19.4. The monoisotopic (exact) mass is 380 g/mol. The smallest absolute Gasteiger partial charge is 0.191 e. The van der Waals surface area contributed by atoms with E-state index in [0.29, 0.717) is 19.1 Å². The molecule has 1 aliphatic rings. The first-order chi connectivity index (χ1) is 12.1. The molecule has 0 radical (unpaired) electrons. The Kier molecular flexibility index (Phi) is 7.45. The van der Waals surface area contributed by atoms with E-state index in [1.807, 2.05) is 30.3 Å². The zero-order valence-corrected chi connectivity index (χ0v) is 18.2. The van der Waals surface area contributed by atoms with Crippen molar-refractivity contribution in [2.45, 2.75) is 71.1 Å². The first-order valence-corrected chi connectivity index (χ1v) is 12.6. The van der Waals surface area contributed by atoms with Gasteiger partial charge in [-0.3, -0.25) is 0 Å². The minimum atomic E-state index is -1.83. The van der Waals surface area contributed by atoms with E-state index in [0.717, 1.165) is 12.0 Å². The van der Waals surface area contributed by atoms with E-state index in [4.69, 9.17) is 13.9 Å². The van der Waals surface area contributed by atoms with Crippen LogP contribution in [0.1, 0.15) is 39.7 Å². The molecule has 0 aliphatic heterocycles. The van der Waals surface area contributed by atoms with Crippen LogP contribution in [-0.4, -0.2) is 39.0 Å². The highest BCUT2D eigenvalue weighted by Gasteiger charge is 2.44. The lowest BCUT2D eigenvalue weighted by Crippen LogP contribution is -2.44. The third-order valence-electron chi connectivity index (χ3n) is 5.99. The molecule has 148 valence electrons. The Hall–Kier alpha value is -0.723. The molecule has 0 bridgehead atoms. The van der Waals surface area contributed by atoms with Crippen LogP contribution in [0.5, 0.6) is 0 Å². The van der Waals surface area contributed by atoms with Crippen molar-refractivity contribution in [3.8, 4) is 0 Å². The lowest BCUT2D eigenvalue weighted by Gasteiger charge is -2.38. The molecule has 2 rings (SSSR count). The maximum Gasteiger partial charge on any atom is 0.191 e. The molecule has 4 nitrogen and oxygen atoms in total. The van der Waals surface area contributed by atoms with Gasteiger partial charge in [-0.15, -0.1) is 0 Å². The Bertz CT molecular complexity index is 541. The summed E-state index contributed by atoms with van der Waals surface area (Å²) in [4.78, 5) is 0. The van der Waals surface area contributed by atoms with Crippen molar-refractivity contribution in [2.75, 3.05) is 13.4 Å². The average molecular weight is 381 g/mol. The van der Waals surface area contributed by atoms with Crippen LogP contribution in [0, 0.1) is 11.8 Å². The summed E-state index contributed by atoms with van der Waals surface area (Å²) in [5.41, 5.74) is 1.13. The number of hydrogen-bond donors (Lipinski definition) is 1. The molecule has 0 amide bonds. The van der Waals surface area contributed by atoms with Crippen LogP contribution in [-0.2, 0) is 20.5 Å². The van der Waals surface area contributed by atoms with Gasteiger partial charge >= 0.3 is 0 Å².